The van der Waals surface area contributed by atoms with Crippen molar-refractivity contribution < 1.29 is 30.7 Å². The Bertz CT molecular complexity index is 1150. The number of halogens is 7. The van der Waals surface area contributed by atoms with E-state index in [2.05, 4.69) is 0 Å². The standard InChI is InChI=1S/C29H27F7/c30-14-13-20-5-3-18(4-6-20)1-2-19-7-9-21(10-8-19)22-11-12-24(25(31)15-22)23-16-26(32)28(27(33)17-23)29(34,35)36/h7-12,15-18,20H,1-6,13-14H2. The quantitative estimate of drug-likeness (QED) is 0.279. The SMILES string of the molecule is FCCC1CCC(CCc2ccc(-c3ccc(-c4cc(F)c(C(F)(F)F)c(F)c4)c(F)c3)cc2)CC1. The van der Waals surface area contributed by atoms with Gasteiger partial charge in [0, 0.05) is 5.56 Å². The number of alkyl halides is 4. The Morgan fingerprint density at radius 1 is 0.639 bits per heavy atom. The molecule has 0 aliphatic heterocycles. The van der Waals surface area contributed by atoms with Crippen LogP contribution >= 0.6 is 0 Å². The van der Waals surface area contributed by atoms with Crippen LogP contribution in [-0.4, -0.2) is 6.67 Å². The Labute approximate surface area is 206 Å². The van der Waals surface area contributed by atoms with Gasteiger partial charge in [0.1, 0.15) is 23.0 Å². The summed E-state index contributed by atoms with van der Waals surface area (Å²) in [6, 6.07) is 12.8. The van der Waals surface area contributed by atoms with Crippen molar-refractivity contribution in [2.24, 2.45) is 11.8 Å². The highest BCUT2D eigenvalue weighted by Crippen LogP contribution is 2.37. The third-order valence-electron chi connectivity index (χ3n) is 7.22. The first-order chi connectivity index (χ1) is 17.2. The molecule has 0 atom stereocenters. The minimum Gasteiger partial charge on any atom is -0.251 e. The zero-order valence-corrected chi connectivity index (χ0v) is 19.7. The maximum absolute atomic E-state index is 14.8. The van der Waals surface area contributed by atoms with Gasteiger partial charge in [0.05, 0.1) is 6.67 Å². The summed E-state index contributed by atoms with van der Waals surface area (Å²) in [6.07, 6.45) is 1.97. The highest BCUT2D eigenvalue weighted by molar-refractivity contribution is 5.71. The molecule has 0 N–H and O–H groups in total. The molecule has 0 heterocycles. The van der Waals surface area contributed by atoms with Gasteiger partial charge in [-0.2, -0.15) is 13.2 Å². The molecule has 0 saturated heterocycles. The molecule has 1 saturated carbocycles. The molecular weight excluding hydrogens is 481 g/mol. The average molecular weight is 509 g/mol. The highest BCUT2D eigenvalue weighted by Gasteiger charge is 2.38. The summed E-state index contributed by atoms with van der Waals surface area (Å²) in [6.45, 7) is -0.236. The van der Waals surface area contributed by atoms with E-state index in [1.54, 1.807) is 6.07 Å². The van der Waals surface area contributed by atoms with Crippen LogP contribution in [0.15, 0.2) is 54.6 Å². The van der Waals surface area contributed by atoms with Crippen molar-refractivity contribution in [2.45, 2.75) is 51.1 Å². The topological polar surface area (TPSA) is 0 Å². The number of aryl methyl sites for hydroxylation is 1. The third kappa shape index (κ3) is 6.11. The van der Waals surface area contributed by atoms with Crippen LogP contribution < -0.4 is 0 Å². The fourth-order valence-corrected chi connectivity index (χ4v) is 5.13. The Hall–Kier alpha value is -2.83. The van der Waals surface area contributed by atoms with Crippen LogP contribution in [0.4, 0.5) is 30.7 Å². The Morgan fingerprint density at radius 3 is 1.69 bits per heavy atom. The summed E-state index contributed by atoms with van der Waals surface area (Å²) in [5.41, 5.74) is -0.0351. The molecule has 1 aliphatic carbocycles. The molecule has 0 radical (unpaired) electrons. The molecule has 0 spiro atoms. The molecule has 0 bridgehead atoms. The predicted molar refractivity (Wildman–Crippen MR) is 127 cm³/mol. The van der Waals surface area contributed by atoms with E-state index in [1.807, 2.05) is 24.3 Å². The van der Waals surface area contributed by atoms with E-state index in [0.717, 1.165) is 49.7 Å². The average Bonchev–Trinajstić information content (AvgIpc) is 2.83. The van der Waals surface area contributed by atoms with Crippen molar-refractivity contribution in [1.29, 1.82) is 0 Å². The van der Waals surface area contributed by atoms with Crippen molar-refractivity contribution in [3.63, 3.8) is 0 Å². The van der Waals surface area contributed by atoms with Gasteiger partial charge in [-0.25, -0.2) is 13.2 Å². The lowest BCUT2D eigenvalue weighted by atomic mass is 9.78. The summed E-state index contributed by atoms with van der Waals surface area (Å²) >= 11 is 0. The molecule has 4 rings (SSSR count). The second kappa shape index (κ2) is 11.1. The largest absolute Gasteiger partial charge is 0.422 e. The maximum Gasteiger partial charge on any atom is 0.422 e. The molecule has 0 nitrogen and oxygen atoms in total. The van der Waals surface area contributed by atoms with E-state index in [9.17, 15) is 30.7 Å². The first-order valence-electron chi connectivity index (χ1n) is 12.2. The summed E-state index contributed by atoms with van der Waals surface area (Å²) in [5.74, 6) is -3.19. The lowest BCUT2D eigenvalue weighted by Gasteiger charge is -2.28. The smallest absolute Gasteiger partial charge is 0.251 e. The van der Waals surface area contributed by atoms with E-state index in [4.69, 9.17) is 0 Å². The Kier molecular flexibility index (Phi) is 8.06. The minimum absolute atomic E-state index is 0.192. The van der Waals surface area contributed by atoms with Crippen LogP contribution in [0.2, 0.25) is 0 Å². The van der Waals surface area contributed by atoms with E-state index in [-0.39, 0.29) is 17.8 Å². The van der Waals surface area contributed by atoms with Crippen LogP contribution in [0.3, 0.4) is 0 Å². The summed E-state index contributed by atoms with van der Waals surface area (Å²) in [5, 5.41) is 0. The molecule has 1 aliphatic rings. The van der Waals surface area contributed by atoms with Gasteiger partial charge in [-0.15, -0.1) is 0 Å². The monoisotopic (exact) mass is 508 g/mol. The normalized spacial score (nSPS) is 18.4. The zero-order valence-electron chi connectivity index (χ0n) is 19.7. The molecule has 3 aromatic rings. The molecular formula is C29H27F7. The van der Waals surface area contributed by atoms with Crippen molar-refractivity contribution in [3.05, 3.63) is 83.2 Å². The molecule has 0 amide bonds. The molecule has 1 fully saturated rings. The van der Waals surface area contributed by atoms with Gasteiger partial charge in [-0.05, 0) is 71.6 Å². The Morgan fingerprint density at radius 2 is 1.17 bits per heavy atom. The van der Waals surface area contributed by atoms with Crippen LogP contribution in [0.1, 0.15) is 49.7 Å². The second-order valence-corrected chi connectivity index (χ2v) is 9.61. The van der Waals surface area contributed by atoms with Crippen LogP contribution in [0, 0.1) is 29.3 Å². The van der Waals surface area contributed by atoms with Gasteiger partial charge in [0.2, 0.25) is 0 Å². The summed E-state index contributed by atoms with van der Waals surface area (Å²) in [4.78, 5) is 0. The maximum atomic E-state index is 14.8. The first-order valence-corrected chi connectivity index (χ1v) is 12.2. The van der Waals surface area contributed by atoms with Gasteiger partial charge in [0.25, 0.3) is 0 Å². The number of hydrogen-bond donors (Lipinski definition) is 0. The number of benzene rings is 3. The van der Waals surface area contributed by atoms with Gasteiger partial charge in [0.15, 0.2) is 0 Å². The molecule has 3 aromatic carbocycles. The van der Waals surface area contributed by atoms with Crippen molar-refractivity contribution >= 4 is 0 Å². The van der Waals surface area contributed by atoms with Gasteiger partial charge < -0.3 is 0 Å². The van der Waals surface area contributed by atoms with Crippen molar-refractivity contribution in [1.82, 2.24) is 0 Å². The fourth-order valence-electron chi connectivity index (χ4n) is 5.13. The molecule has 0 aromatic heterocycles. The lowest BCUT2D eigenvalue weighted by Crippen LogP contribution is -2.15. The van der Waals surface area contributed by atoms with E-state index < -0.39 is 29.2 Å². The molecule has 192 valence electrons. The third-order valence-corrected chi connectivity index (χ3v) is 7.22. The van der Waals surface area contributed by atoms with Crippen LogP contribution in [-0.2, 0) is 12.6 Å². The second-order valence-electron chi connectivity index (χ2n) is 9.61. The highest BCUT2D eigenvalue weighted by atomic mass is 19.4. The van der Waals surface area contributed by atoms with Crippen molar-refractivity contribution in [3.8, 4) is 22.3 Å². The fraction of sp³-hybridized carbons (Fsp3) is 0.379. The van der Waals surface area contributed by atoms with E-state index in [0.29, 0.717) is 36.0 Å². The molecule has 0 unspecified atom stereocenters. The van der Waals surface area contributed by atoms with Crippen LogP contribution in [0.25, 0.3) is 22.3 Å². The summed E-state index contributed by atoms with van der Waals surface area (Å²) in [7, 11) is 0. The Balaban J connectivity index is 1.42. The molecule has 7 heteroatoms. The van der Waals surface area contributed by atoms with Gasteiger partial charge in [-0.1, -0.05) is 62.1 Å². The van der Waals surface area contributed by atoms with Crippen LogP contribution in [0.5, 0.6) is 0 Å². The summed E-state index contributed by atoms with van der Waals surface area (Å²) < 4.78 is 93.6. The first kappa shape index (κ1) is 26.2. The predicted octanol–water partition coefficient (Wildman–Crippen LogP) is 9.56. The van der Waals surface area contributed by atoms with Crippen molar-refractivity contribution in [2.75, 3.05) is 6.67 Å². The van der Waals surface area contributed by atoms with E-state index in [1.165, 1.54) is 12.1 Å². The zero-order chi connectivity index (χ0) is 25.9. The van der Waals surface area contributed by atoms with Gasteiger partial charge in [-0.3, -0.25) is 4.39 Å². The minimum atomic E-state index is -5.18. The van der Waals surface area contributed by atoms with Gasteiger partial charge >= 0.3 is 6.18 Å². The number of hydrogen-bond acceptors (Lipinski definition) is 0. The van der Waals surface area contributed by atoms with E-state index >= 15 is 0 Å². The number of rotatable bonds is 7. The lowest BCUT2D eigenvalue weighted by molar-refractivity contribution is -0.142. The molecule has 36 heavy (non-hydrogen) atoms.